The van der Waals surface area contributed by atoms with Crippen molar-refractivity contribution in [2.75, 3.05) is 26.2 Å². The van der Waals surface area contributed by atoms with Gasteiger partial charge in [-0.15, -0.1) is 0 Å². The molecule has 0 amide bonds. The number of nitrogens with zero attached hydrogens (tertiary/aromatic N) is 1. The van der Waals surface area contributed by atoms with Gasteiger partial charge in [-0.05, 0) is 18.7 Å². The van der Waals surface area contributed by atoms with Gasteiger partial charge in [0.1, 0.15) is 6.04 Å². The minimum absolute atomic E-state index is 0.259. The third-order valence-corrected chi connectivity index (χ3v) is 3.13. The first-order valence-corrected chi connectivity index (χ1v) is 6.56. The van der Waals surface area contributed by atoms with Crippen LogP contribution in [0.4, 0.5) is 13.2 Å². The van der Waals surface area contributed by atoms with Crippen LogP contribution < -0.4 is 5.32 Å². The zero-order valence-corrected chi connectivity index (χ0v) is 11.4. The van der Waals surface area contributed by atoms with Crippen molar-refractivity contribution in [3.8, 4) is 0 Å². The summed E-state index contributed by atoms with van der Waals surface area (Å²) in [6.45, 7) is 6.64. The SMILES string of the molecule is CCN(CC)CCNC(c1ccccc1)C(F)(F)F. The normalized spacial score (nSPS) is 13.8. The molecular weight excluding hydrogens is 253 g/mol. The zero-order chi connectivity index (χ0) is 14.3. The molecule has 0 aliphatic heterocycles. The first kappa shape index (κ1) is 16.0. The maximum absolute atomic E-state index is 13.0. The molecule has 0 heterocycles. The number of alkyl halides is 3. The second kappa shape index (κ2) is 7.50. The number of nitrogens with one attached hydrogen (secondary N) is 1. The van der Waals surface area contributed by atoms with Crippen LogP contribution in [0.1, 0.15) is 25.5 Å². The monoisotopic (exact) mass is 274 g/mol. The zero-order valence-electron chi connectivity index (χ0n) is 11.4. The quantitative estimate of drug-likeness (QED) is 0.821. The number of benzene rings is 1. The fourth-order valence-corrected chi connectivity index (χ4v) is 1.97. The molecule has 0 aliphatic rings. The van der Waals surface area contributed by atoms with Crippen LogP contribution in [-0.2, 0) is 0 Å². The highest BCUT2D eigenvalue weighted by atomic mass is 19.4. The summed E-state index contributed by atoms with van der Waals surface area (Å²) in [4.78, 5) is 2.09. The molecule has 0 saturated heterocycles. The van der Waals surface area contributed by atoms with Crippen molar-refractivity contribution in [1.82, 2.24) is 10.2 Å². The topological polar surface area (TPSA) is 15.3 Å². The Balaban J connectivity index is 2.62. The van der Waals surface area contributed by atoms with Crippen molar-refractivity contribution in [3.63, 3.8) is 0 Å². The molecular formula is C14H21F3N2. The van der Waals surface area contributed by atoms with Crippen molar-refractivity contribution < 1.29 is 13.2 Å². The Hall–Kier alpha value is -1.07. The molecule has 1 aromatic rings. The van der Waals surface area contributed by atoms with Crippen LogP contribution >= 0.6 is 0 Å². The van der Waals surface area contributed by atoms with Crippen molar-refractivity contribution in [2.45, 2.75) is 26.1 Å². The largest absolute Gasteiger partial charge is 0.407 e. The minimum Gasteiger partial charge on any atom is -0.303 e. The van der Waals surface area contributed by atoms with Gasteiger partial charge in [0, 0.05) is 13.1 Å². The lowest BCUT2D eigenvalue weighted by Gasteiger charge is -2.24. The van der Waals surface area contributed by atoms with Gasteiger partial charge < -0.3 is 10.2 Å². The standard InChI is InChI=1S/C14H21F3N2/c1-3-19(4-2)11-10-18-13(14(15,16)17)12-8-6-5-7-9-12/h5-9,13,18H,3-4,10-11H2,1-2H3. The van der Waals surface area contributed by atoms with Gasteiger partial charge in [0.15, 0.2) is 0 Å². The second-order valence-corrected chi connectivity index (χ2v) is 4.37. The summed E-state index contributed by atoms with van der Waals surface area (Å²) < 4.78 is 39.1. The third-order valence-electron chi connectivity index (χ3n) is 3.13. The summed E-state index contributed by atoms with van der Waals surface area (Å²) in [6, 6.07) is 6.38. The van der Waals surface area contributed by atoms with Gasteiger partial charge in [0.05, 0.1) is 0 Å². The van der Waals surface area contributed by atoms with E-state index >= 15 is 0 Å². The van der Waals surface area contributed by atoms with Crippen LogP contribution in [0.15, 0.2) is 30.3 Å². The Bertz CT molecular complexity index is 347. The molecule has 1 atom stereocenters. The Morgan fingerprint density at radius 3 is 2.16 bits per heavy atom. The van der Waals surface area contributed by atoms with Gasteiger partial charge in [0.25, 0.3) is 0 Å². The van der Waals surface area contributed by atoms with E-state index in [0.717, 1.165) is 13.1 Å². The van der Waals surface area contributed by atoms with Gasteiger partial charge in [-0.3, -0.25) is 0 Å². The van der Waals surface area contributed by atoms with E-state index in [1.807, 2.05) is 13.8 Å². The van der Waals surface area contributed by atoms with Gasteiger partial charge in [-0.1, -0.05) is 44.2 Å². The molecule has 1 rings (SSSR count). The van der Waals surface area contributed by atoms with Crippen molar-refractivity contribution in [2.24, 2.45) is 0 Å². The lowest BCUT2D eigenvalue weighted by atomic mass is 10.1. The Labute approximate surface area is 112 Å². The Kier molecular flexibility index (Phi) is 6.31. The van der Waals surface area contributed by atoms with Crippen molar-refractivity contribution in [3.05, 3.63) is 35.9 Å². The minimum atomic E-state index is -4.27. The fraction of sp³-hybridized carbons (Fsp3) is 0.571. The van der Waals surface area contributed by atoms with E-state index in [1.54, 1.807) is 18.2 Å². The summed E-state index contributed by atoms with van der Waals surface area (Å²) in [5, 5.41) is 2.61. The lowest BCUT2D eigenvalue weighted by Crippen LogP contribution is -2.39. The van der Waals surface area contributed by atoms with E-state index in [4.69, 9.17) is 0 Å². The highest BCUT2D eigenvalue weighted by Gasteiger charge is 2.40. The molecule has 1 unspecified atom stereocenters. The smallest absolute Gasteiger partial charge is 0.303 e. The Morgan fingerprint density at radius 2 is 1.68 bits per heavy atom. The maximum atomic E-state index is 13.0. The van der Waals surface area contributed by atoms with E-state index in [1.165, 1.54) is 12.1 Å². The molecule has 0 aromatic heterocycles. The number of halogens is 3. The summed E-state index contributed by atoms with van der Waals surface area (Å²) >= 11 is 0. The number of likely N-dealkylation sites (N-methyl/N-ethyl adjacent to an activating group) is 1. The highest BCUT2D eigenvalue weighted by molar-refractivity contribution is 5.20. The summed E-state index contributed by atoms with van der Waals surface area (Å²) in [5.74, 6) is 0. The molecule has 2 nitrogen and oxygen atoms in total. The van der Waals surface area contributed by atoms with Gasteiger partial charge in [0.2, 0.25) is 0 Å². The van der Waals surface area contributed by atoms with E-state index < -0.39 is 12.2 Å². The molecule has 0 spiro atoms. The molecule has 0 fully saturated rings. The molecule has 0 aliphatic carbocycles. The summed E-state index contributed by atoms with van der Waals surface area (Å²) in [6.07, 6.45) is -4.27. The van der Waals surface area contributed by atoms with Crippen LogP contribution in [0.3, 0.4) is 0 Å². The molecule has 5 heteroatoms. The first-order valence-electron chi connectivity index (χ1n) is 6.56. The third kappa shape index (κ3) is 5.20. The second-order valence-electron chi connectivity index (χ2n) is 4.37. The predicted octanol–water partition coefficient (Wildman–Crippen LogP) is 3.22. The van der Waals surface area contributed by atoms with Crippen LogP contribution in [0.5, 0.6) is 0 Å². The van der Waals surface area contributed by atoms with Crippen molar-refractivity contribution >= 4 is 0 Å². The summed E-state index contributed by atoms with van der Waals surface area (Å²) in [7, 11) is 0. The summed E-state index contributed by atoms with van der Waals surface area (Å²) in [5.41, 5.74) is 0.259. The van der Waals surface area contributed by atoms with E-state index in [-0.39, 0.29) is 5.56 Å². The van der Waals surface area contributed by atoms with Crippen molar-refractivity contribution in [1.29, 1.82) is 0 Å². The maximum Gasteiger partial charge on any atom is 0.407 e. The molecule has 1 N–H and O–H groups in total. The van der Waals surface area contributed by atoms with Crippen LogP contribution in [0.25, 0.3) is 0 Å². The van der Waals surface area contributed by atoms with Gasteiger partial charge in [-0.2, -0.15) is 13.2 Å². The molecule has 0 saturated carbocycles. The van der Waals surface area contributed by atoms with Crippen LogP contribution in [0.2, 0.25) is 0 Å². The average molecular weight is 274 g/mol. The molecule has 1 aromatic carbocycles. The molecule has 19 heavy (non-hydrogen) atoms. The fourth-order valence-electron chi connectivity index (χ4n) is 1.97. The van der Waals surface area contributed by atoms with E-state index in [0.29, 0.717) is 13.1 Å². The lowest BCUT2D eigenvalue weighted by molar-refractivity contribution is -0.157. The van der Waals surface area contributed by atoms with E-state index in [9.17, 15) is 13.2 Å². The molecule has 0 radical (unpaired) electrons. The predicted molar refractivity (Wildman–Crippen MR) is 71.0 cm³/mol. The number of rotatable bonds is 7. The van der Waals surface area contributed by atoms with Gasteiger partial charge >= 0.3 is 6.18 Å². The average Bonchev–Trinajstić information content (AvgIpc) is 2.38. The van der Waals surface area contributed by atoms with Gasteiger partial charge in [-0.25, -0.2) is 0 Å². The molecule has 108 valence electrons. The number of hydrogen-bond acceptors (Lipinski definition) is 2. The molecule has 0 bridgehead atoms. The first-order chi connectivity index (χ1) is 8.99. The van der Waals surface area contributed by atoms with Crippen LogP contribution in [-0.4, -0.2) is 37.3 Å². The highest BCUT2D eigenvalue weighted by Crippen LogP contribution is 2.32. The number of hydrogen-bond donors (Lipinski definition) is 1. The van der Waals surface area contributed by atoms with Crippen LogP contribution in [0, 0.1) is 0 Å². The van der Waals surface area contributed by atoms with E-state index in [2.05, 4.69) is 10.2 Å². The Morgan fingerprint density at radius 1 is 1.11 bits per heavy atom.